The molecule has 1 aliphatic rings. The zero-order valence-electron chi connectivity index (χ0n) is 27.0. The van der Waals surface area contributed by atoms with Crippen LogP contribution >= 0.6 is 0 Å². The Hall–Kier alpha value is -5.15. The molecule has 3 aromatic heterocycles. The van der Waals surface area contributed by atoms with Gasteiger partial charge in [0.05, 0.1) is 17.5 Å². The van der Waals surface area contributed by atoms with Gasteiger partial charge in [0.25, 0.3) is 5.91 Å². The number of ether oxygens (including phenoxy) is 1. The Kier molecular flexibility index (Phi) is 9.91. The third kappa shape index (κ3) is 8.04. The van der Waals surface area contributed by atoms with Crippen LogP contribution in [0.3, 0.4) is 0 Å². The van der Waals surface area contributed by atoms with E-state index in [9.17, 15) is 27.6 Å². The van der Waals surface area contributed by atoms with Gasteiger partial charge in [0.2, 0.25) is 5.91 Å². The first kappa shape index (κ1) is 34.2. The first-order valence-corrected chi connectivity index (χ1v) is 15.6. The third-order valence-electron chi connectivity index (χ3n) is 7.77. The van der Waals surface area contributed by atoms with Crippen LogP contribution in [0.25, 0.3) is 16.9 Å². The molecule has 0 saturated heterocycles. The molecule has 0 atom stereocenters. The number of nitrogens with one attached hydrogen (secondary N) is 5. The van der Waals surface area contributed by atoms with Crippen LogP contribution in [-0.2, 0) is 22.1 Å². The Morgan fingerprint density at radius 2 is 1.83 bits per heavy atom. The number of hydrogen-bond donors (Lipinski definition) is 5. The van der Waals surface area contributed by atoms with Gasteiger partial charge in [-0.1, -0.05) is 6.92 Å². The van der Waals surface area contributed by atoms with Crippen LogP contribution in [0.5, 0.6) is 0 Å². The lowest BCUT2D eigenvalue weighted by molar-refractivity contribution is -0.140. The van der Waals surface area contributed by atoms with Crippen molar-refractivity contribution < 1.29 is 32.3 Å². The van der Waals surface area contributed by atoms with E-state index in [2.05, 4.69) is 41.4 Å². The normalized spacial score (nSPS) is 16.2. The summed E-state index contributed by atoms with van der Waals surface area (Å²) in [7, 11) is 0. The minimum atomic E-state index is -4.64. The zero-order valence-corrected chi connectivity index (χ0v) is 27.0. The Morgan fingerprint density at radius 3 is 2.54 bits per heavy atom. The average molecular weight is 670 g/mol. The van der Waals surface area contributed by atoms with E-state index in [-0.39, 0.29) is 35.0 Å². The van der Waals surface area contributed by atoms with Crippen LogP contribution in [0.2, 0.25) is 0 Å². The van der Waals surface area contributed by atoms with E-state index in [0.29, 0.717) is 61.5 Å². The monoisotopic (exact) mass is 669 g/mol. The standard InChI is InChI=1S/C32H38F3N9O4/c1-5-18-13-20(41-26-27-39-17-24(44(27)12-11-36-26)23-16-40-43-25(23)32(33,34)35)7-8-22(18)29(46)38-10-6-9-37-28(45)19-14-21(15-19)42-30(47)48-31(2,3)4/h7-8,11-13,16-17,19,21H,5-6,9-10,14-15H2,1-4H3,(H,36,41)(H,37,45)(H,38,46)(H,40,43)(H,42,47). The van der Waals surface area contributed by atoms with Crippen LogP contribution in [0.1, 0.15) is 68.6 Å². The van der Waals surface area contributed by atoms with E-state index in [1.165, 1.54) is 29.2 Å². The lowest BCUT2D eigenvalue weighted by atomic mass is 9.79. The van der Waals surface area contributed by atoms with Crippen LogP contribution in [0.4, 0.5) is 29.5 Å². The number of alkyl carbamates (subject to hydrolysis) is 1. The summed E-state index contributed by atoms with van der Waals surface area (Å²) in [6.07, 6.45) is 2.54. The van der Waals surface area contributed by atoms with Crippen molar-refractivity contribution in [3.05, 3.63) is 59.8 Å². The number of imidazole rings is 1. The molecule has 3 amide bonds. The zero-order chi connectivity index (χ0) is 34.6. The number of aryl methyl sites for hydroxylation is 1. The van der Waals surface area contributed by atoms with Gasteiger partial charge in [-0.05, 0) is 70.2 Å². The number of nitrogens with zero attached hydrogens (tertiary/aromatic N) is 4. The maximum atomic E-state index is 13.5. The topological polar surface area (TPSA) is 167 Å². The van der Waals surface area contributed by atoms with E-state index in [1.807, 2.05) is 13.0 Å². The summed E-state index contributed by atoms with van der Waals surface area (Å²) in [6.45, 7) is 8.04. The van der Waals surface area contributed by atoms with Crippen molar-refractivity contribution in [1.29, 1.82) is 0 Å². The summed E-state index contributed by atoms with van der Waals surface area (Å²) < 4.78 is 47.1. The Labute approximate surface area is 274 Å². The van der Waals surface area contributed by atoms with E-state index in [4.69, 9.17) is 4.74 Å². The molecule has 0 spiro atoms. The van der Waals surface area contributed by atoms with E-state index in [0.717, 1.165) is 5.56 Å². The molecule has 0 bridgehead atoms. The number of halogens is 3. The number of anilines is 2. The lowest BCUT2D eigenvalue weighted by Gasteiger charge is -2.35. The molecule has 13 nitrogen and oxygen atoms in total. The van der Waals surface area contributed by atoms with E-state index in [1.54, 1.807) is 32.9 Å². The molecule has 1 aromatic carbocycles. The third-order valence-corrected chi connectivity index (χ3v) is 7.77. The summed E-state index contributed by atoms with van der Waals surface area (Å²) in [5, 5.41) is 17.3. The number of H-pyrrole nitrogens is 1. The summed E-state index contributed by atoms with van der Waals surface area (Å²) in [4.78, 5) is 45.9. The Balaban J connectivity index is 1.11. The van der Waals surface area contributed by atoms with Gasteiger partial charge in [-0.2, -0.15) is 18.3 Å². The van der Waals surface area contributed by atoms with Crippen molar-refractivity contribution in [2.24, 2.45) is 5.92 Å². The predicted octanol–water partition coefficient (Wildman–Crippen LogP) is 4.98. The highest BCUT2D eigenvalue weighted by Gasteiger charge is 2.38. The molecule has 4 aromatic rings. The lowest BCUT2D eigenvalue weighted by Crippen LogP contribution is -2.50. The molecule has 1 fully saturated rings. The van der Waals surface area contributed by atoms with Crippen LogP contribution in [0, 0.1) is 5.92 Å². The number of aromatic amines is 1. The summed E-state index contributed by atoms with van der Waals surface area (Å²) in [5.74, 6) is -0.184. The molecule has 0 unspecified atom stereocenters. The number of aromatic nitrogens is 5. The largest absolute Gasteiger partial charge is 0.444 e. The molecule has 0 radical (unpaired) electrons. The smallest absolute Gasteiger partial charge is 0.435 e. The first-order valence-electron chi connectivity index (χ1n) is 15.6. The summed E-state index contributed by atoms with van der Waals surface area (Å²) >= 11 is 0. The maximum absolute atomic E-state index is 13.5. The maximum Gasteiger partial charge on any atom is 0.435 e. The number of carbonyl (C=O) groups is 3. The van der Waals surface area contributed by atoms with Crippen molar-refractivity contribution in [3.8, 4) is 11.3 Å². The predicted molar refractivity (Wildman–Crippen MR) is 171 cm³/mol. The highest BCUT2D eigenvalue weighted by Crippen LogP contribution is 2.36. The van der Waals surface area contributed by atoms with Crippen LogP contribution in [0.15, 0.2) is 43.0 Å². The molecule has 0 aliphatic heterocycles. The molecular formula is C32H38F3N9O4. The molecule has 256 valence electrons. The van der Waals surface area contributed by atoms with Crippen molar-refractivity contribution in [1.82, 2.24) is 40.5 Å². The van der Waals surface area contributed by atoms with Crippen molar-refractivity contribution in [3.63, 3.8) is 0 Å². The molecule has 48 heavy (non-hydrogen) atoms. The second-order valence-electron chi connectivity index (χ2n) is 12.5. The average Bonchev–Trinajstić information content (AvgIpc) is 3.65. The summed E-state index contributed by atoms with van der Waals surface area (Å²) in [5.41, 5.74) is 0.633. The van der Waals surface area contributed by atoms with Gasteiger partial charge in [0.1, 0.15) is 5.60 Å². The van der Waals surface area contributed by atoms with Gasteiger partial charge < -0.3 is 26.0 Å². The SMILES string of the molecule is CCc1cc(Nc2nccn3c(-c4c[nH]nc4C(F)(F)F)cnc23)ccc1C(=O)NCCCNC(=O)C1CC(NC(=O)OC(C)(C)C)C1. The fraction of sp³-hybridized carbons (Fsp3) is 0.438. The quantitative estimate of drug-likeness (QED) is 0.139. The van der Waals surface area contributed by atoms with Crippen LogP contribution < -0.4 is 21.3 Å². The van der Waals surface area contributed by atoms with Crippen molar-refractivity contribution in [2.75, 3.05) is 18.4 Å². The van der Waals surface area contributed by atoms with Gasteiger partial charge in [-0.3, -0.25) is 19.1 Å². The molecule has 1 saturated carbocycles. The number of carbonyl (C=O) groups excluding carboxylic acids is 3. The molecular weight excluding hydrogens is 631 g/mol. The fourth-order valence-electron chi connectivity index (χ4n) is 5.40. The molecule has 1 aliphatic carbocycles. The number of rotatable bonds is 11. The number of hydrogen-bond acceptors (Lipinski definition) is 8. The highest BCUT2D eigenvalue weighted by molar-refractivity contribution is 5.96. The molecule has 5 N–H and O–H groups in total. The van der Waals surface area contributed by atoms with Gasteiger partial charge in [0, 0.05) is 54.9 Å². The number of amides is 3. The molecule has 16 heteroatoms. The number of benzene rings is 1. The van der Waals surface area contributed by atoms with Crippen molar-refractivity contribution >= 4 is 35.1 Å². The molecule has 5 rings (SSSR count). The molecule has 3 heterocycles. The summed E-state index contributed by atoms with van der Waals surface area (Å²) in [6, 6.07) is 5.13. The fourth-order valence-corrected chi connectivity index (χ4v) is 5.40. The van der Waals surface area contributed by atoms with Crippen LogP contribution in [-0.4, -0.2) is 67.2 Å². The van der Waals surface area contributed by atoms with Gasteiger partial charge in [-0.15, -0.1) is 0 Å². The number of fused-ring (bicyclic) bond motifs is 1. The van der Waals surface area contributed by atoms with Crippen molar-refractivity contribution in [2.45, 2.75) is 71.2 Å². The minimum Gasteiger partial charge on any atom is -0.444 e. The minimum absolute atomic E-state index is 0.0794. The highest BCUT2D eigenvalue weighted by atomic mass is 19.4. The second-order valence-corrected chi connectivity index (χ2v) is 12.5. The second kappa shape index (κ2) is 13.9. The van der Waals surface area contributed by atoms with Gasteiger partial charge in [0.15, 0.2) is 17.2 Å². The van der Waals surface area contributed by atoms with Gasteiger partial charge >= 0.3 is 12.3 Å². The van der Waals surface area contributed by atoms with E-state index < -0.39 is 23.6 Å². The Bertz CT molecular complexity index is 1790. The van der Waals surface area contributed by atoms with Gasteiger partial charge in [-0.25, -0.2) is 14.8 Å². The number of alkyl halides is 3. The van der Waals surface area contributed by atoms with E-state index >= 15 is 0 Å². The Morgan fingerprint density at radius 1 is 1.08 bits per heavy atom. The first-order chi connectivity index (χ1) is 22.7.